The van der Waals surface area contributed by atoms with E-state index in [4.69, 9.17) is 12.2 Å². The highest BCUT2D eigenvalue weighted by atomic mass is 32.1. The van der Waals surface area contributed by atoms with Crippen molar-refractivity contribution in [2.24, 2.45) is 0 Å². The van der Waals surface area contributed by atoms with Crippen LogP contribution in [0.15, 0.2) is 30.3 Å². The lowest BCUT2D eigenvalue weighted by Crippen LogP contribution is -2.38. The van der Waals surface area contributed by atoms with Crippen molar-refractivity contribution >= 4 is 29.1 Å². The first-order valence-corrected chi connectivity index (χ1v) is 10.6. The molecule has 160 valence electrons. The predicted molar refractivity (Wildman–Crippen MR) is 114 cm³/mol. The molecule has 1 aliphatic carbocycles. The van der Waals surface area contributed by atoms with Crippen LogP contribution in [0, 0.1) is 0 Å². The van der Waals surface area contributed by atoms with Gasteiger partial charge in [-0.3, -0.25) is 0 Å². The van der Waals surface area contributed by atoms with Gasteiger partial charge in [-0.15, -0.1) is 0 Å². The van der Waals surface area contributed by atoms with Gasteiger partial charge in [-0.05, 0) is 36.2 Å². The molecule has 1 fully saturated rings. The van der Waals surface area contributed by atoms with Crippen LogP contribution < -0.4 is 15.5 Å². The number of fused-ring (bicyclic) bond motifs is 1. The third kappa shape index (κ3) is 5.00. The van der Waals surface area contributed by atoms with Gasteiger partial charge >= 0.3 is 6.18 Å². The zero-order valence-electron chi connectivity index (χ0n) is 16.5. The van der Waals surface area contributed by atoms with Gasteiger partial charge in [0.15, 0.2) is 10.8 Å². The Balaban J connectivity index is 1.52. The van der Waals surface area contributed by atoms with E-state index in [0.717, 1.165) is 42.9 Å². The van der Waals surface area contributed by atoms with E-state index < -0.39 is 11.9 Å². The van der Waals surface area contributed by atoms with Crippen molar-refractivity contribution in [3.05, 3.63) is 47.2 Å². The summed E-state index contributed by atoms with van der Waals surface area (Å²) >= 11 is 5.34. The Kier molecular flexibility index (Phi) is 6.08. The first kappa shape index (κ1) is 20.8. The number of benzene rings is 1. The van der Waals surface area contributed by atoms with Gasteiger partial charge in [-0.25, -0.2) is 4.98 Å². The summed E-state index contributed by atoms with van der Waals surface area (Å²) < 4.78 is 40.4. The smallest absolute Gasteiger partial charge is 0.360 e. The Morgan fingerprint density at radius 3 is 2.23 bits per heavy atom. The molecule has 5 nitrogen and oxygen atoms in total. The molecule has 0 saturated heterocycles. The van der Waals surface area contributed by atoms with Crippen LogP contribution >= 0.6 is 12.2 Å². The maximum Gasteiger partial charge on any atom is 0.433 e. The van der Waals surface area contributed by atoms with Crippen molar-refractivity contribution in [3.8, 4) is 0 Å². The zero-order chi connectivity index (χ0) is 21.1. The van der Waals surface area contributed by atoms with E-state index >= 15 is 0 Å². The molecule has 1 aliphatic heterocycles. The number of rotatable bonds is 3. The fourth-order valence-corrected chi connectivity index (χ4v) is 4.30. The molecule has 0 atom stereocenters. The van der Waals surface area contributed by atoms with Crippen LogP contribution in [0.1, 0.15) is 55.3 Å². The summed E-state index contributed by atoms with van der Waals surface area (Å²) in [5.74, 6) is 0.0928. The van der Waals surface area contributed by atoms with Crippen molar-refractivity contribution in [1.82, 2.24) is 15.3 Å². The van der Waals surface area contributed by atoms with Crippen molar-refractivity contribution in [2.45, 2.75) is 63.8 Å². The average Bonchev–Trinajstić information content (AvgIpc) is 2.98. The molecular weight excluding hydrogens is 411 g/mol. The van der Waals surface area contributed by atoms with Gasteiger partial charge in [0.25, 0.3) is 0 Å². The number of thiocarbonyl (C=S) groups is 1. The molecule has 0 radical (unpaired) electrons. The SMILES string of the molecule is FC(F)(F)c1cc(N2Cc3ccccc3C2)nc(NC(=S)NC2CCCCCC2)n1. The van der Waals surface area contributed by atoms with Crippen LogP contribution in [0.3, 0.4) is 0 Å². The number of halogens is 3. The molecule has 2 aliphatic rings. The van der Waals surface area contributed by atoms with E-state index in [1.165, 1.54) is 12.8 Å². The van der Waals surface area contributed by atoms with Gasteiger partial charge in [0.1, 0.15) is 5.82 Å². The van der Waals surface area contributed by atoms with Crippen LogP contribution in [0.25, 0.3) is 0 Å². The molecule has 0 bridgehead atoms. The van der Waals surface area contributed by atoms with Crippen LogP contribution in [-0.2, 0) is 19.3 Å². The third-order valence-electron chi connectivity index (χ3n) is 5.58. The molecule has 0 unspecified atom stereocenters. The van der Waals surface area contributed by atoms with Crippen molar-refractivity contribution in [2.75, 3.05) is 10.2 Å². The first-order chi connectivity index (χ1) is 14.4. The van der Waals surface area contributed by atoms with Crippen LogP contribution in [0.5, 0.6) is 0 Å². The lowest BCUT2D eigenvalue weighted by Gasteiger charge is -2.21. The number of anilines is 2. The summed E-state index contributed by atoms with van der Waals surface area (Å²) in [6.45, 7) is 1.02. The maximum atomic E-state index is 13.5. The predicted octanol–water partition coefficient (Wildman–Crippen LogP) is 5.02. The molecule has 1 aromatic heterocycles. The number of hydrogen-bond acceptors (Lipinski definition) is 4. The zero-order valence-corrected chi connectivity index (χ0v) is 17.3. The van der Waals surface area contributed by atoms with Gasteiger partial charge in [-0.2, -0.15) is 18.2 Å². The van der Waals surface area contributed by atoms with E-state index in [0.29, 0.717) is 13.1 Å². The number of alkyl halides is 3. The largest absolute Gasteiger partial charge is 0.433 e. The van der Waals surface area contributed by atoms with E-state index in [1.54, 1.807) is 0 Å². The van der Waals surface area contributed by atoms with E-state index in [2.05, 4.69) is 20.6 Å². The molecule has 4 rings (SSSR count). The minimum absolute atomic E-state index is 0.137. The topological polar surface area (TPSA) is 53.1 Å². The monoisotopic (exact) mass is 435 g/mol. The highest BCUT2D eigenvalue weighted by molar-refractivity contribution is 7.80. The van der Waals surface area contributed by atoms with Gasteiger partial charge in [0.05, 0.1) is 0 Å². The standard InChI is InChI=1S/C21H24F3N5S/c22-21(23,24)17-11-18(29-12-14-7-5-6-8-15(14)13-29)27-19(26-17)28-20(30)25-16-9-3-1-2-4-10-16/h5-8,11,16H,1-4,9-10,12-13H2,(H2,25,26,27,28,30). The van der Waals surface area contributed by atoms with Gasteiger partial charge in [0, 0.05) is 25.2 Å². The van der Waals surface area contributed by atoms with Gasteiger partial charge in [-0.1, -0.05) is 49.9 Å². The number of nitrogens with one attached hydrogen (secondary N) is 2. The molecule has 0 spiro atoms. The molecule has 0 amide bonds. The number of aromatic nitrogens is 2. The maximum absolute atomic E-state index is 13.5. The fraction of sp³-hybridized carbons (Fsp3) is 0.476. The molecule has 1 saturated carbocycles. The van der Waals surface area contributed by atoms with Gasteiger partial charge in [0.2, 0.25) is 5.95 Å². The molecule has 2 heterocycles. The van der Waals surface area contributed by atoms with E-state index in [9.17, 15) is 13.2 Å². The second-order valence-corrected chi connectivity index (χ2v) is 8.25. The summed E-state index contributed by atoms with van der Waals surface area (Å²) in [5.41, 5.74) is 1.19. The molecule has 2 N–H and O–H groups in total. The highest BCUT2D eigenvalue weighted by Crippen LogP contribution is 2.33. The third-order valence-corrected chi connectivity index (χ3v) is 5.80. The molecular formula is C21H24F3N5S. The molecule has 9 heteroatoms. The van der Waals surface area contributed by atoms with Crippen LogP contribution in [0.2, 0.25) is 0 Å². The minimum atomic E-state index is -4.57. The number of hydrogen-bond donors (Lipinski definition) is 2. The summed E-state index contributed by atoms with van der Waals surface area (Å²) in [7, 11) is 0. The lowest BCUT2D eigenvalue weighted by molar-refractivity contribution is -0.141. The summed E-state index contributed by atoms with van der Waals surface area (Å²) in [6.07, 6.45) is 2.09. The molecule has 1 aromatic carbocycles. The van der Waals surface area contributed by atoms with E-state index in [1.807, 2.05) is 29.2 Å². The van der Waals surface area contributed by atoms with Crippen molar-refractivity contribution in [1.29, 1.82) is 0 Å². The van der Waals surface area contributed by atoms with Gasteiger partial charge < -0.3 is 15.5 Å². The molecule has 30 heavy (non-hydrogen) atoms. The number of nitrogens with zero attached hydrogens (tertiary/aromatic N) is 3. The summed E-state index contributed by atoms with van der Waals surface area (Å²) in [6, 6.07) is 9.03. The normalized spacial score (nSPS) is 17.4. The Labute approximate surface area is 179 Å². The lowest BCUT2D eigenvalue weighted by atomic mass is 10.1. The minimum Gasteiger partial charge on any atom is -0.360 e. The Hall–Kier alpha value is -2.42. The quantitative estimate of drug-likeness (QED) is 0.521. The second-order valence-electron chi connectivity index (χ2n) is 7.84. The Bertz CT molecular complexity index is 885. The summed E-state index contributed by atoms with van der Waals surface area (Å²) in [5, 5.41) is 6.25. The fourth-order valence-electron chi connectivity index (χ4n) is 4.04. The first-order valence-electron chi connectivity index (χ1n) is 10.2. The van der Waals surface area contributed by atoms with Crippen LogP contribution in [-0.4, -0.2) is 21.1 Å². The average molecular weight is 436 g/mol. The second kappa shape index (κ2) is 8.75. The van der Waals surface area contributed by atoms with E-state index in [-0.39, 0.29) is 22.9 Å². The summed E-state index contributed by atoms with van der Waals surface area (Å²) in [4.78, 5) is 9.83. The Morgan fingerprint density at radius 2 is 1.63 bits per heavy atom. The van der Waals surface area contributed by atoms with Crippen molar-refractivity contribution in [3.63, 3.8) is 0 Å². The highest BCUT2D eigenvalue weighted by Gasteiger charge is 2.35. The van der Waals surface area contributed by atoms with Crippen molar-refractivity contribution < 1.29 is 13.2 Å². The van der Waals surface area contributed by atoms with Crippen LogP contribution in [0.4, 0.5) is 24.9 Å². The Morgan fingerprint density at radius 1 is 1.00 bits per heavy atom. The molecule has 2 aromatic rings.